The Morgan fingerprint density at radius 2 is 2.04 bits per heavy atom. The second-order valence-corrected chi connectivity index (χ2v) is 5.96. The van der Waals surface area contributed by atoms with Crippen molar-refractivity contribution >= 4 is 23.6 Å². The topological polar surface area (TPSA) is 55.3 Å². The Labute approximate surface area is 145 Å². The zero-order chi connectivity index (χ0) is 16.8. The fourth-order valence-electron chi connectivity index (χ4n) is 2.61. The number of nitrogens with zero attached hydrogens (tertiary/aromatic N) is 3. The Hall–Kier alpha value is -2.40. The van der Waals surface area contributed by atoms with Crippen molar-refractivity contribution < 1.29 is 9.53 Å². The van der Waals surface area contributed by atoms with Crippen molar-refractivity contribution in [1.82, 2.24) is 14.9 Å². The summed E-state index contributed by atoms with van der Waals surface area (Å²) < 4.78 is 5.76. The zero-order valence-electron chi connectivity index (χ0n) is 13.1. The molecular weight excluding hydrogens is 326 g/mol. The predicted molar refractivity (Wildman–Crippen MR) is 92.7 cm³/mol. The van der Waals surface area contributed by atoms with E-state index in [-0.39, 0.29) is 12.0 Å². The molecule has 1 fully saturated rings. The van der Waals surface area contributed by atoms with Crippen LogP contribution in [0.5, 0.6) is 6.01 Å². The molecule has 1 atom stereocenters. The van der Waals surface area contributed by atoms with Crippen LogP contribution < -0.4 is 4.74 Å². The van der Waals surface area contributed by atoms with Gasteiger partial charge in [-0.3, -0.25) is 4.79 Å². The van der Waals surface area contributed by atoms with Crippen LogP contribution in [0.1, 0.15) is 18.4 Å². The van der Waals surface area contributed by atoms with Gasteiger partial charge in [-0.1, -0.05) is 29.8 Å². The maximum Gasteiger partial charge on any atom is 0.316 e. The molecule has 1 saturated heterocycles. The van der Waals surface area contributed by atoms with Gasteiger partial charge in [-0.2, -0.15) is 0 Å². The average molecular weight is 344 g/mol. The molecule has 1 aromatic carbocycles. The zero-order valence-corrected chi connectivity index (χ0v) is 13.9. The van der Waals surface area contributed by atoms with E-state index in [0.717, 1.165) is 24.9 Å². The number of carbonyl (C=O) groups is 1. The molecule has 0 bridgehead atoms. The number of aromatic nitrogens is 2. The Morgan fingerprint density at radius 1 is 1.25 bits per heavy atom. The number of likely N-dealkylation sites (tertiary alicyclic amines) is 1. The van der Waals surface area contributed by atoms with Crippen LogP contribution in [-0.2, 0) is 4.79 Å². The van der Waals surface area contributed by atoms with Crippen molar-refractivity contribution in [3.8, 4) is 6.01 Å². The van der Waals surface area contributed by atoms with Gasteiger partial charge < -0.3 is 9.64 Å². The molecule has 0 spiro atoms. The van der Waals surface area contributed by atoms with Crippen LogP contribution in [0.4, 0.5) is 0 Å². The van der Waals surface area contributed by atoms with E-state index in [1.54, 1.807) is 41.6 Å². The van der Waals surface area contributed by atoms with Crippen LogP contribution in [0.2, 0.25) is 5.02 Å². The third kappa shape index (κ3) is 4.32. The van der Waals surface area contributed by atoms with Crippen LogP contribution in [0.3, 0.4) is 0 Å². The summed E-state index contributed by atoms with van der Waals surface area (Å²) in [5.41, 5.74) is 0.829. The minimum atomic E-state index is -0.0844. The van der Waals surface area contributed by atoms with E-state index >= 15 is 0 Å². The molecule has 0 saturated carbocycles. The van der Waals surface area contributed by atoms with Gasteiger partial charge in [-0.25, -0.2) is 9.97 Å². The van der Waals surface area contributed by atoms with Gasteiger partial charge in [0.05, 0.1) is 6.54 Å². The van der Waals surface area contributed by atoms with Crippen LogP contribution in [0.15, 0.2) is 48.8 Å². The molecule has 0 aliphatic carbocycles. The number of carbonyl (C=O) groups excluding carboxylic acids is 1. The van der Waals surface area contributed by atoms with Crippen molar-refractivity contribution in [3.63, 3.8) is 0 Å². The highest BCUT2D eigenvalue weighted by Crippen LogP contribution is 2.18. The molecule has 1 unspecified atom stereocenters. The quantitative estimate of drug-likeness (QED) is 0.800. The summed E-state index contributed by atoms with van der Waals surface area (Å²) in [5.74, 6) is -0.0443. The van der Waals surface area contributed by atoms with Crippen LogP contribution in [-0.4, -0.2) is 40.0 Å². The minimum Gasteiger partial charge on any atom is -0.458 e. The maximum absolute atomic E-state index is 12.4. The molecular formula is C18H18ClN3O2. The summed E-state index contributed by atoms with van der Waals surface area (Å²) in [6.07, 6.45) is 8.28. The summed E-state index contributed by atoms with van der Waals surface area (Å²) in [6, 6.07) is 9.52. The first kappa shape index (κ1) is 16.5. The van der Waals surface area contributed by atoms with Crippen molar-refractivity contribution in [1.29, 1.82) is 0 Å². The first-order valence-electron chi connectivity index (χ1n) is 7.87. The molecule has 1 amide bonds. The van der Waals surface area contributed by atoms with Gasteiger partial charge in [-0.15, -0.1) is 0 Å². The highest BCUT2D eigenvalue weighted by molar-refractivity contribution is 6.32. The molecule has 1 aromatic heterocycles. The molecule has 6 heteroatoms. The van der Waals surface area contributed by atoms with Gasteiger partial charge in [0, 0.05) is 30.0 Å². The smallest absolute Gasteiger partial charge is 0.316 e. The third-order valence-electron chi connectivity index (χ3n) is 3.81. The predicted octanol–water partition coefficient (Wildman–Crippen LogP) is 3.21. The van der Waals surface area contributed by atoms with Gasteiger partial charge in [0.2, 0.25) is 5.91 Å². The molecule has 5 nitrogen and oxygen atoms in total. The molecule has 24 heavy (non-hydrogen) atoms. The highest BCUT2D eigenvalue weighted by Gasteiger charge is 2.24. The summed E-state index contributed by atoms with van der Waals surface area (Å²) in [6.45, 7) is 1.26. The standard InChI is InChI=1S/C18H18ClN3O2/c19-16-7-2-1-5-14(16)8-9-17(23)22-12-3-6-15(13-22)24-18-20-10-4-11-21-18/h1-2,4-5,7-11,15H,3,6,12-13H2/b9-8+. The van der Waals surface area contributed by atoms with E-state index in [4.69, 9.17) is 16.3 Å². The second kappa shape index (κ2) is 7.93. The lowest BCUT2D eigenvalue weighted by molar-refractivity contribution is -0.128. The lowest BCUT2D eigenvalue weighted by atomic mass is 10.1. The molecule has 2 aromatic rings. The first-order valence-corrected chi connectivity index (χ1v) is 8.25. The number of piperidine rings is 1. The average Bonchev–Trinajstić information content (AvgIpc) is 2.62. The summed E-state index contributed by atoms with van der Waals surface area (Å²) >= 11 is 6.10. The Morgan fingerprint density at radius 3 is 2.83 bits per heavy atom. The molecule has 3 rings (SSSR count). The van der Waals surface area contributed by atoms with E-state index in [1.165, 1.54) is 0 Å². The van der Waals surface area contributed by atoms with Crippen molar-refractivity contribution in [2.75, 3.05) is 13.1 Å². The Kier molecular flexibility index (Phi) is 5.43. The summed E-state index contributed by atoms with van der Waals surface area (Å²) in [4.78, 5) is 22.3. The van der Waals surface area contributed by atoms with Gasteiger partial charge in [0.1, 0.15) is 6.10 Å². The van der Waals surface area contributed by atoms with Gasteiger partial charge in [0.25, 0.3) is 0 Å². The summed E-state index contributed by atoms with van der Waals surface area (Å²) in [7, 11) is 0. The minimum absolute atomic E-state index is 0.0443. The normalized spacial score (nSPS) is 17.9. The maximum atomic E-state index is 12.4. The Bertz CT molecular complexity index is 721. The third-order valence-corrected chi connectivity index (χ3v) is 4.16. The number of hydrogen-bond donors (Lipinski definition) is 0. The van der Waals surface area contributed by atoms with Gasteiger partial charge >= 0.3 is 6.01 Å². The largest absolute Gasteiger partial charge is 0.458 e. The van der Waals surface area contributed by atoms with Crippen molar-refractivity contribution in [2.45, 2.75) is 18.9 Å². The van der Waals surface area contributed by atoms with E-state index < -0.39 is 0 Å². The van der Waals surface area contributed by atoms with E-state index in [0.29, 0.717) is 17.6 Å². The van der Waals surface area contributed by atoms with Gasteiger partial charge in [0.15, 0.2) is 0 Å². The lowest BCUT2D eigenvalue weighted by Crippen LogP contribution is -2.43. The lowest BCUT2D eigenvalue weighted by Gasteiger charge is -2.31. The number of benzene rings is 1. The molecule has 1 aliphatic heterocycles. The van der Waals surface area contributed by atoms with Crippen LogP contribution in [0.25, 0.3) is 6.08 Å². The molecule has 0 radical (unpaired) electrons. The number of hydrogen-bond acceptors (Lipinski definition) is 4. The Balaban J connectivity index is 1.60. The number of rotatable bonds is 4. The molecule has 2 heterocycles. The highest BCUT2D eigenvalue weighted by atomic mass is 35.5. The number of ether oxygens (including phenoxy) is 1. The number of halogens is 1. The second-order valence-electron chi connectivity index (χ2n) is 5.55. The molecule has 1 aliphatic rings. The van der Waals surface area contributed by atoms with Gasteiger partial charge in [-0.05, 0) is 36.6 Å². The number of amides is 1. The fourth-order valence-corrected chi connectivity index (χ4v) is 2.81. The SMILES string of the molecule is O=C(/C=C/c1ccccc1Cl)N1CCCC(Oc2ncccn2)C1. The van der Waals surface area contributed by atoms with Crippen molar-refractivity contribution in [2.24, 2.45) is 0 Å². The first-order chi connectivity index (χ1) is 11.7. The fraction of sp³-hybridized carbons (Fsp3) is 0.278. The van der Waals surface area contributed by atoms with Crippen LogP contribution in [0, 0.1) is 0 Å². The van der Waals surface area contributed by atoms with Crippen molar-refractivity contribution in [3.05, 3.63) is 59.4 Å². The van der Waals surface area contributed by atoms with E-state index in [9.17, 15) is 4.79 Å². The van der Waals surface area contributed by atoms with E-state index in [2.05, 4.69) is 9.97 Å². The molecule has 0 N–H and O–H groups in total. The summed E-state index contributed by atoms with van der Waals surface area (Å²) in [5, 5.41) is 0.627. The van der Waals surface area contributed by atoms with Crippen LogP contribution >= 0.6 is 11.6 Å². The monoisotopic (exact) mass is 343 g/mol. The van der Waals surface area contributed by atoms with E-state index in [1.807, 2.05) is 18.2 Å². The molecule has 124 valence electrons.